The van der Waals surface area contributed by atoms with Crippen LogP contribution in [0.2, 0.25) is 0 Å². The Morgan fingerprint density at radius 2 is 2.20 bits per heavy atom. The smallest absolute Gasteiger partial charge is 0.261 e. The third-order valence-electron chi connectivity index (χ3n) is 1.82. The van der Waals surface area contributed by atoms with Crippen molar-refractivity contribution in [1.29, 1.82) is 0 Å². The molecule has 0 bridgehead atoms. The van der Waals surface area contributed by atoms with Crippen molar-refractivity contribution in [2.45, 2.75) is 26.3 Å². The number of rotatable bonds is 3. The first-order valence-corrected chi connectivity index (χ1v) is 5.87. The SMILES string of the molecule is Cc1cc(C(=O)NC(C)C(F)F)sc1Br. The van der Waals surface area contributed by atoms with E-state index in [0.717, 1.165) is 9.35 Å². The summed E-state index contributed by atoms with van der Waals surface area (Å²) in [6.45, 7) is 3.12. The molecule has 1 amide bonds. The number of amides is 1. The zero-order valence-electron chi connectivity index (χ0n) is 8.18. The van der Waals surface area contributed by atoms with Crippen molar-refractivity contribution < 1.29 is 13.6 Å². The normalized spacial score (nSPS) is 12.9. The molecule has 0 aliphatic carbocycles. The third kappa shape index (κ3) is 3.24. The van der Waals surface area contributed by atoms with Crippen molar-refractivity contribution in [2.24, 2.45) is 0 Å². The number of carbonyl (C=O) groups excluding carboxylic acids is 1. The van der Waals surface area contributed by atoms with E-state index in [9.17, 15) is 13.6 Å². The largest absolute Gasteiger partial charge is 0.343 e. The number of nitrogens with one attached hydrogen (secondary N) is 1. The lowest BCUT2D eigenvalue weighted by molar-refractivity contribution is 0.0783. The van der Waals surface area contributed by atoms with Gasteiger partial charge in [0.25, 0.3) is 12.3 Å². The van der Waals surface area contributed by atoms with E-state index in [0.29, 0.717) is 4.88 Å². The highest BCUT2D eigenvalue weighted by Gasteiger charge is 2.19. The topological polar surface area (TPSA) is 29.1 Å². The van der Waals surface area contributed by atoms with Crippen LogP contribution in [-0.2, 0) is 0 Å². The summed E-state index contributed by atoms with van der Waals surface area (Å²) in [6, 6.07) is 0.543. The van der Waals surface area contributed by atoms with E-state index in [2.05, 4.69) is 21.2 Å². The molecule has 1 aromatic heterocycles. The predicted octanol–water partition coefficient (Wildman–Crippen LogP) is 3.20. The van der Waals surface area contributed by atoms with Gasteiger partial charge in [-0.25, -0.2) is 8.78 Å². The van der Waals surface area contributed by atoms with E-state index in [-0.39, 0.29) is 0 Å². The molecule has 0 aliphatic rings. The summed E-state index contributed by atoms with van der Waals surface area (Å²) < 4.78 is 25.2. The summed E-state index contributed by atoms with van der Waals surface area (Å²) in [6.07, 6.45) is -2.54. The molecular weight excluding hydrogens is 288 g/mol. The number of thiophene rings is 1. The van der Waals surface area contributed by atoms with Crippen molar-refractivity contribution in [1.82, 2.24) is 5.32 Å². The Morgan fingerprint density at radius 3 is 2.60 bits per heavy atom. The van der Waals surface area contributed by atoms with Crippen LogP contribution in [0.25, 0.3) is 0 Å². The maximum Gasteiger partial charge on any atom is 0.261 e. The van der Waals surface area contributed by atoms with Gasteiger partial charge in [-0.05, 0) is 41.4 Å². The molecule has 0 fully saturated rings. The summed E-state index contributed by atoms with van der Waals surface area (Å²) in [5.74, 6) is -0.457. The van der Waals surface area contributed by atoms with Gasteiger partial charge in [0.15, 0.2) is 0 Å². The minimum atomic E-state index is -2.54. The number of aryl methyl sites for hydroxylation is 1. The summed E-state index contributed by atoms with van der Waals surface area (Å²) in [7, 11) is 0. The van der Waals surface area contributed by atoms with E-state index >= 15 is 0 Å². The molecule has 1 N–H and O–H groups in total. The molecule has 6 heteroatoms. The van der Waals surface area contributed by atoms with E-state index in [1.807, 2.05) is 6.92 Å². The summed E-state index contributed by atoms with van der Waals surface area (Å²) in [5, 5.41) is 2.24. The fourth-order valence-corrected chi connectivity index (χ4v) is 2.35. The highest BCUT2D eigenvalue weighted by Crippen LogP contribution is 2.27. The molecule has 84 valence electrons. The minimum Gasteiger partial charge on any atom is -0.343 e. The zero-order chi connectivity index (χ0) is 11.6. The standard InChI is InChI=1S/C9H10BrF2NOS/c1-4-3-6(15-7(4)10)9(14)13-5(2)8(11)12/h3,5,8H,1-2H3,(H,13,14). The van der Waals surface area contributed by atoms with Gasteiger partial charge in [-0.3, -0.25) is 4.79 Å². The average molecular weight is 298 g/mol. The summed E-state index contributed by atoms with van der Waals surface area (Å²) in [5.41, 5.74) is 0.926. The van der Waals surface area contributed by atoms with Gasteiger partial charge in [-0.1, -0.05) is 0 Å². The fourth-order valence-electron chi connectivity index (χ4n) is 0.913. The van der Waals surface area contributed by atoms with Crippen LogP contribution in [-0.4, -0.2) is 18.4 Å². The van der Waals surface area contributed by atoms with Crippen molar-refractivity contribution in [3.8, 4) is 0 Å². The molecule has 2 nitrogen and oxygen atoms in total. The second-order valence-electron chi connectivity index (χ2n) is 3.16. The first-order chi connectivity index (χ1) is 6.91. The highest BCUT2D eigenvalue weighted by atomic mass is 79.9. The van der Waals surface area contributed by atoms with Crippen molar-refractivity contribution >= 4 is 33.2 Å². The molecule has 1 aromatic rings. The lowest BCUT2D eigenvalue weighted by Gasteiger charge is -2.11. The second-order valence-corrected chi connectivity index (χ2v) is 5.53. The quantitative estimate of drug-likeness (QED) is 0.912. The van der Waals surface area contributed by atoms with Gasteiger partial charge in [0, 0.05) is 0 Å². The molecule has 0 aliphatic heterocycles. The summed E-state index contributed by atoms with van der Waals surface area (Å²) >= 11 is 4.51. The molecule has 1 unspecified atom stereocenters. The molecular formula is C9H10BrF2NOS. The van der Waals surface area contributed by atoms with Crippen LogP contribution in [0, 0.1) is 6.92 Å². The van der Waals surface area contributed by atoms with Gasteiger partial charge in [0.1, 0.15) is 0 Å². The Bertz CT molecular complexity index is 347. The van der Waals surface area contributed by atoms with Gasteiger partial charge in [-0.15, -0.1) is 11.3 Å². The monoisotopic (exact) mass is 297 g/mol. The molecule has 0 saturated heterocycles. The molecule has 0 radical (unpaired) electrons. The Hall–Kier alpha value is -0.490. The van der Waals surface area contributed by atoms with Gasteiger partial charge < -0.3 is 5.32 Å². The fraction of sp³-hybridized carbons (Fsp3) is 0.444. The van der Waals surface area contributed by atoms with Crippen molar-refractivity contribution in [3.05, 3.63) is 20.3 Å². The lowest BCUT2D eigenvalue weighted by Crippen LogP contribution is -2.37. The number of carbonyl (C=O) groups is 1. The molecule has 1 rings (SSSR count). The number of hydrogen-bond acceptors (Lipinski definition) is 2. The second kappa shape index (κ2) is 5.03. The zero-order valence-corrected chi connectivity index (χ0v) is 10.6. The van der Waals surface area contributed by atoms with Gasteiger partial charge in [0.2, 0.25) is 0 Å². The molecule has 0 saturated carbocycles. The Balaban J connectivity index is 2.69. The van der Waals surface area contributed by atoms with Gasteiger partial charge in [0.05, 0.1) is 14.7 Å². The molecule has 0 spiro atoms. The Kier molecular flexibility index (Phi) is 4.21. The number of hydrogen-bond donors (Lipinski definition) is 1. The maximum absolute atomic E-state index is 12.2. The minimum absolute atomic E-state index is 0.437. The number of alkyl halides is 2. The van der Waals surface area contributed by atoms with Gasteiger partial charge in [-0.2, -0.15) is 0 Å². The van der Waals surface area contributed by atoms with Crippen LogP contribution in [0.15, 0.2) is 9.85 Å². The first-order valence-electron chi connectivity index (χ1n) is 4.26. The number of halogens is 3. The molecule has 0 aromatic carbocycles. The van der Waals surface area contributed by atoms with Crippen molar-refractivity contribution in [2.75, 3.05) is 0 Å². The van der Waals surface area contributed by atoms with E-state index < -0.39 is 18.4 Å². The molecule has 1 atom stereocenters. The van der Waals surface area contributed by atoms with E-state index in [1.54, 1.807) is 6.07 Å². The lowest BCUT2D eigenvalue weighted by atomic mass is 10.3. The van der Waals surface area contributed by atoms with Gasteiger partial charge >= 0.3 is 0 Å². The first kappa shape index (κ1) is 12.6. The molecule has 15 heavy (non-hydrogen) atoms. The average Bonchev–Trinajstić information content (AvgIpc) is 2.46. The Morgan fingerprint density at radius 1 is 1.60 bits per heavy atom. The van der Waals surface area contributed by atoms with Crippen LogP contribution in [0.4, 0.5) is 8.78 Å². The van der Waals surface area contributed by atoms with E-state index in [4.69, 9.17) is 0 Å². The predicted molar refractivity (Wildman–Crippen MR) is 59.7 cm³/mol. The van der Waals surface area contributed by atoms with Crippen LogP contribution in [0.5, 0.6) is 0 Å². The van der Waals surface area contributed by atoms with Crippen molar-refractivity contribution in [3.63, 3.8) is 0 Å². The maximum atomic E-state index is 12.2. The highest BCUT2D eigenvalue weighted by molar-refractivity contribution is 9.11. The third-order valence-corrected chi connectivity index (χ3v) is 3.95. The van der Waals surface area contributed by atoms with Crippen LogP contribution in [0.1, 0.15) is 22.2 Å². The van der Waals surface area contributed by atoms with Crippen LogP contribution in [0.3, 0.4) is 0 Å². The Labute approximate surface area is 98.8 Å². The van der Waals surface area contributed by atoms with E-state index in [1.165, 1.54) is 18.3 Å². The molecule has 1 heterocycles. The summed E-state index contributed by atoms with van der Waals surface area (Å²) in [4.78, 5) is 11.9. The van der Waals surface area contributed by atoms with Crippen LogP contribution < -0.4 is 5.32 Å². The van der Waals surface area contributed by atoms with Crippen LogP contribution >= 0.6 is 27.3 Å².